The van der Waals surface area contributed by atoms with E-state index in [9.17, 15) is 8.78 Å². The van der Waals surface area contributed by atoms with E-state index >= 15 is 0 Å². The molecule has 2 rings (SSSR count). The number of hydrogen-bond acceptors (Lipinski definition) is 3. The quantitative estimate of drug-likeness (QED) is 0.809. The smallest absolute Gasteiger partial charge is 0.250 e. The van der Waals surface area contributed by atoms with Crippen LogP contribution in [0.15, 0.2) is 24.4 Å². The lowest BCUT2D eigenvalue weighted by Gasteiger charge is -2.31. The maximum absolute atomic E-state index is 12.9. The van der Waals surface area contributed by atoms with E-state index in [4.69, 9.17) is 4.74 Å². The summed E-state index contributed by atoms with van der Waals surface area (Å²) in [6.45, 7) is 2.05. The van der Waals surface area contributed by atoms with E-state index < -0.39 is 5.92 Å². The van der Waals surface area contributed by atoms with Gasteiger partial charge in [-0.2, -0.15) is 0 Å². The number of ether oxygens (including phenoxy) is 1. The fourth-order valence-corrected chi connectivity index (χ4v) is 1.82. The third-order valence-electron chi connectivity index (χ3n) is 2.88. The number of pyridine rings is 1. The first-order valence-electron chi connectivity index (χ1n) is 5.80. The first-order chi connectivity index (χ1) is 8.16. The molecule has 0 aliphatic carbocycles. The number of likely N-dealkylation sites (tertiary alicyclic amines) is 1. The third kappa shape index (κ3) is 3.93. The summed E-state index contributed by atoms with van der Waals surface area (Å²) < 4.78 is 31.2. The van der Waals surface area contributed by atoms with Gasteiger partial charge in [0.1, 0.15) is 6.61 Å². The summed E-state index contributed by atoms with van der Waals surface area (Å²) in [6.07, 6.45) is 1.57. The fourth-order valence-electron chi connectivity index (χ4n) is 1.82. The normalized spacial score (nSPS) is 20.1. The van der Waals surface area contributed by atoms with Crippen LogP contribution in [0.25, 0.3) is 0 Å². The Morgan fingerprint density at radius 3 is 2.71 bits per heavy atom. The van der Waals surface area contributed by atoms with Crippen LogP contribution in [0.1, 0.15) is 12.8 Å². The molecule has 0 atom stereocenters. The van der Waals surface area contributed by atoms with Gasteiger partial charge in [0.15, 0.2) is 0 Å². The molecule has 0 bridgehead atoms. The van der Waals surface area contributed by atoms with E-state index in [0.29, 0.717) is 32.1 Å². The highest BCUT2D eigenvalue weighted by atomic mass is 19.3. The molecule has 0 radical (unpaired) electrons. The second kappa shape index (κ2) is 5.40. The Hall–Kier alpha value is -1.23. The van der Waals surface area contributed by atoms with Crippen molar-refractivity contribution in [2.45, 2.75) is 18.8 Å². The first-order valence-corrected chi connectivity index (χ1v) is 5.80. The summed E-state index contributed by atoms with van der Waals surface area (Å²) in [6, 6.07) is 5.45. The van der Waals surface area contributed by atoms with Crippen molar-refractivity contribution in [1.29, 1.82) is 0 Å². The highest BCUT2D eigenvalue weighted by molar-refractivity contribution is 5.08. The van der Waals surface area contributed by atoms with Gasteiger partial charge in [0, 0.05) is 44.7 Å². The lowest BCUT2D eigenvalue weighted by Crippen LogP contribution is -2.41. The fraction of sp³-hybridized carbons (Fsp3) is 0.583. The van der Waals surface area contributed by atoms with E-state index in [1.54, 1.807) is 12.3 Å². The molecule has 1 aromatic rings. The van der Waals surface area contributed by atoms with Gasteiger partial charge in [0.05, 0.1) is 0 Å². The van der Waals surface area contributed by atoms with Crippen molar-refractivity contribution in [3.05, 3.63) is 24.4 Å². The SMILES string of the molecule is FC1(F)CCN(CCOc2ccccn2)CC1. The van der Waals surface area contributed by atoms with Gasteiger partial charge in [-0.1, -0.05) is 6.07 Å². The second-order valence-corrected chi connectivity index (χ2v) is 4.21. The molecule has 1 aliphatic heterocycles. The molecule has 94 valence electrons. The molecule has 0 N–H and O–H groups in total. The van der Waals surface area contributed by atoms with Gasteiger partial charge in [0.2, 0.25) is 5.88 Å². The molecule has 0 spiro atoms. The molecule has 0 amide bonds. The summed E-state index contributed by atoms with van der Waals surface area (Å²) >= 11 is 0. The number of halogens is 2. The summed E-state index contributed by atoms with van der Waals surface area (Å²) in [5.74, 6) is -1.90. The Morgan fingerprint density at radius 1 is 1.29 bits per heavy atom. The Bertz CT molecular complexity index is 336. The molecule has 0 saturated carbocycles. The van der Waals surface area contributed by atoms with E-state index in [1.165, 1.54) is 0 Å². The molecule has 1 fully saturated rings. The predicted octanol–water partition coefficient (Wildman–Crippen LogP) is 2.19. The van der Waals surface area contributed by atoms with Crippen molar-refractivity contribution in [2.24, 2.45) is 0 Å². The highest BCUT2D eigenvalue weighted by Crippen LogP contribution is 2.27. The van der Waals surface area contributed by atoms with Crippen LogP contribution in [0.4, 0.5) is 8.78 Å². The van der Waals surface area contributed by atoms with Crippen LogP contribution in [0, 0.1) is 0 Å². The monoisotopic (exact) mass is 242 g/mol. The minimum atomic E-state index is -2.47. The van der Waals surface area contributed by atoms with Crippen LogP contribution >= 0.6 is 0 Å². The molecule has 1 saturated heterocycles. The molecular weight excluding hydrogens is 226 g/mol. The van der Waals surface area contributed by atoms with E-state index in [-0.39, 0.29) is 12.8 Å². The molecule has 5 heteroatoms. The zero-order valence-corrected chi connectivity index (χ0v) is 9.61. The van der Waals surface area contributed by atoms with Gasteiger partial charge in [-0.15, -0.1) is 0 Å². The topological polar surface area (TPSA) is 25.4 Å². The van der Waals surface area contributed by atoms with Gasteiger partial charge in [0.25, 0.3) is 5.92 Å². The van der Waals surface area contributed by atoms with E-state index in [1.807, 2.05) is 17.0 Å². The number of aromatic nitrogens is 1. The minimum Gasteiger partial charge on any atom is -0.476 e. The molecule has 1 aliphatic rings. The van der Waals surface area contributed by atoms with Crippen molar-refractivity contribution in [2.75, 3.05) is 26.2 Å². The first kappa shape index (κ1) is 12.2. The molecule has 1 aromatic heterocycles. The van der Waals surface area contributed by atoms with Crippen molar-refractivity contribution >= 4 is 0 Å². The van der Waals surface area contributed by atoms with Crippen molar-refractivity contribution in [1.82, 2.24) is 9.88 Å². The highest BCUT2D eigenvalue weighted by Gasteiger charge is 2.33. The van der Waals surface area contributed by atoms with E-state index in [0.717, 1.165) is 0 Å². The molecule has 3 nitrogen and oxygen atoms in total. The minimum absolute atomic E-state index is 0.0451. The molecule has 0 aromatic carbocycles. The largest absolute Gasteiger partial charge is 0.476 e. The van der Waals surface area contributed by atoms with Crippen molar-refractivity contribution < 1.29 is 13.5 Å². The molecular formula is C12H16F2N2O. The van der Waals surface area contributed by atoms with Gasteiger partial charge in [-0.25, -0.2) is 13.8 Å². The van der Waals surface area contributed by atoms with Gasteiger partial charge in [-0.05, 0) is 6.07 Å². The van der Waals surface area contributed by atoms with E-state index in [2.05, 4.69) is 4.98 Å². The van der Waals surface area contributed by atoms with Crippen LogP contribution in [0.5, 0.6) is 5.88 Å². The van der Waals surface area contributed by atoms with Crippen LogP contribution in [0.2, 0.25) is 0 Å². The lowest BCUT2D eigenvalue weighted by atomic mass is 10.1. The Balaban J connectivity index is 1.67. The third-order valence-corrected chi connectivity index (χ3v) is 2.88. The average Bonchev–Trinajstić information content (AvgIpc) is 2.33. The van der Waals surface area contributed by atoms with Gasteiger partial charge < -0.3 is 4.74 Å². The standard InChI is InChI=1S/C12H16F2N2O/c13-12(14)4-7-16(8-5-12)9-10-17-11-3-1-2-6-15-11/h1-3,6H,4-5,7-10H2. The summed E-state index contributed by atoms with van der Waals surface area (Å²) in [5.41, 5.74) is 0. The molecule has 2 heterocycles. The van der Waals surface area contributed by atoms with Crippen LogP contribution in [-0.4, -0.2) is 42.0 Å². The summed E-state index contributed by atoms with van der Waals surface area (Å²) in [4.78, 5) is 6.02. The van der Waals surface area contributed by atoms with Crippen LogP contribution in [0.3, 0.4) is 0 Å². The Kier molecular flexibility index (Phi) is 3.89. The van der Waals surface area contributed by atoms with Crippen LogP contribution in [-0.2, 0) is 0 Å². The molecule has 17 heavy (non-hydrogen) atoms. The Morgan fingerprint density at radius 2 is 2.06 bits per heavy atom. The maximum atomic E-state index is 12.9. The average molecular weight is 242 g/mol. The van der Waals surface area contributed by atoms with Crippen molar-refractivity contribution in [3.8, 4) is 5.88 Å². The zero-order chi connectivity index (χ0) is 12.1. The van der Waals surface area contributed by atoms with Gasteiger partial charge in [-0.3, -0.25) is 4.90 Å². The second-order valence-electron chi connectivity index (χ2n) is 4.21. The number of alkyl halides is 2. The predicted molar refractivity (Wildman–Crippen MR) is 60.4 cm³/mol. The lowest BCUT2D eigenvalue weighted by molar-refractivity contribution is -0.0565. The van der Waals surface area contributed by atoms with Gasteiger partial charge >= 0.3 is 0 Å². The maximum Gasteiger partial charge on any atom is 0.250 e. The number of hydrogen-bond donors (Lipinski definition) is 0. The molecule has 0 unspecified atom stereocenters. The Labute approximate surface area is 99.4 Å². The van der Waals surface area contributed by atoms with Crippen molar-refractivity contribution in [3.63, 3.8) is 0 Å². The number of nitrogens with zero attached hydrogens (tertiary/aromatic N) is 2. The summed E-state index contributed by atoms with van der Waals surface area (Å²) in [5, 5.41) is 0. The number of rotatable bonds is 4. The number of piperidine rings is 1. The summed E-state index contributed by atoms with van der Waals surface area (Å²) in [7, 11) is 0. The van der Waals surface area contributed by atoms with Crippen LogP contribution < -0.4 is 4.74 Å². The zero-order valence-electron chi connectivity index (χ0n) is 9.61.